The molecule has 0 saturated carbocycles. The van der Waals surface area contributed by atoms with Crippen molar-refractivity contribution in [3.8, 4) is 5.75 Å². The monoisotopic (exact) mass is 418 g/mol. The molecule has 8 heteroatoms. The van der Waals surface area contributed by atoms with Gasteiger partial charge in [-0.1, -0.05) is 48.5 Å². The summed E-state index contributed by atoms with van der Waals surface area (Å²) < 4.78 is 5.47. The standard InChI is InChI=1S/C21H26N4O3.ClH/c1-28-19-10-6-5-9-17(19)18-14-22-11-12-25(18)15-20(26)24-21(27)23-13-16-7-3-2-4-8-16;/h2-10,18,22H,11-15H2,1H3,(H2,23,24,26,27);1H. The van der Waals surface area contributed by atoms with Gasteiger partial charge >= 0.3 is 6.03 Å². The number of benzene rings is 2. The van der Waals surface area contributed by atoms with Gasteiger partial charge in [0.1, 0.15) is 5.75 Å². The van der Waals surface area contributed by atoms with Crippen molar-refractivity contribution in [2.75, 3.05) is 33.3 Å². The molecule has 156 valence electrons. The summed E-state index contributed by atoms with van der Waals surface area (Å²) in [6.07, 6.45) is 0. The SMILES string of the molecule is COc1ccccc1C1CNCCN1CC(=O)NC(=O)NCc1ccccc1.Cl. The molecule has 3 rings (SSSR count). The molecule has 3 amide bonds. The largest absolute Gasteiger partial charge is 0.496 e. The molecule has 0 spiro atoms. The van der Waals surface area contributed by atoms with Gasteiger partial charge in [0.25, 0.3) is 0 Å². The fraction of sp³-hybridized carbons (Fsp3) is 0.333. The summed E-state index contributed by atoms with van der Waals surface area (Å²) in [6.45, 7) is 2.73. The predicted molar refractivity (Wildman–Crippen MR) is 114 cm³/mol. The van der Waals surface area contributed by atoms with Crippen LogP contribution < -0.4 is 20.7 Å². The number of nitrogens with one attached hydrogen (secondary N) is 3. The summed E-state index contributed by atoms with van der Waals surface area (Å²) >= 11 is 0. The van der Waals surface area contributed by atoms with Crippen LogP contribution in [0.2, 0.25) is 0 Å². The Kier molecular flexibility index (Phi) is 8.92. The number of carbonyl (C=O) groups excluding carboxylic acids is 2. The molecule has 7 nitrogen and oxygen atoms in total. The summed E-state index contributed by atoms with van der Waals surface area (Å²) in [5.74, 6) is 0.467. The Morgan fingerprint density at radius 3 is 2.62 bits per heavy atom. The zero-order valence-corrected chi connectivity index (χ0v) is 17.2. The molecular formula is C21H27ClN4O3. The summed E-state index contributed by atoms with van der Waals surface area (Å²) in [7, 11) is 1.64. The summed E-state index contributed by atoms with van der Waals surface area (Å²) in [5, 5.41) is 8.48. The van der Waals surface area contributed by atoms with Crippen molar-refractivity contribution >= 4 is 24.3 Å². The normalized spacial score (nSPS) is 16.4. The number of nitrogens with zero attached hydrogens (tertiary/aromatic N) is 1. The van der Waals surface area contributed by atoms with Crippen LogP contribution in [0.3, 0.4) is 0 Å². The fourth-order valence-electron chi connectivity index (χ4n) is 3.36. The molecule has 1 saturated heterocycles. The number of urea groups is 1. The van der Waals surface area contributed by atoms with Gasteiger partial charge in [0, 0.05) is 31.7 Å². The van der Waals surface area contributed by atoms with Crippen molar-refractivity contribution in [2.45, 2.75) is 12.6 Å². The fourth-order valence-corrected chi connectivity index (χ4v) is 3.36. The van der Waals surface area contributed by atoms with Gasteiger partial charge in [0.05, 0.1) is 19.7 Å². The zero-order valence-electron chi connectivity index (χ0n) is 16.4. The molecule has 0 aromatic heterocycles. The maximum Gasteiger partial charge on any atom is 0.321 e. The first-order valence-corrected chi connectivity index (χ1v) is 9.36. The number of hydrogen-bond donors (Lipinski definition) is 3. The van der Waals surface area contributed by atoms with Gasteiger partial charge in [-0.3, -0.25) is 15.0 Å². The van der Waals surface area contributed by atoms with Gasteiger partial charge in [-0.15, -0.1) is 12.4 Å². The molecule has 0 bridgehead atoms. The molecule has 1 aliphatic rings. The van der Waals surface area contributed by atoms with Crippen molar-refractivity contribution < 1.29 is 14.3 Å². The Hall–Kier alpha value is -2.61. The lowest BCUT2D eigenvalue weighted by atomic mass is 10.0. The number of rotatable bonds is 6. The van der Waals surface area contributed by atoms with Crippen LogP contribution in [0.4, 0.5) is 4.79 Å². The van der Waals surface area contributed by atoms with Crippen molar-refractivity contribution in [3.63, 3.8) is 0 Å². The number of piperazine rings is 1. The molecule has 0 radical (unpaired) electrons. The van der Waals surface area contributed by atoms with Crippen LogP contribution in [0.5, 0.6) is 5.75 Å². The predicted octanol–water partition coefficient (Wildman–Crippen LogP) is 2.09. The third kappa shape index (κ3) is 6.45. The summed E-state index contributed by atoms with van der Waals surface area (Å²) in [5.41, 5.74) is 2.00. The molecule has 3 N–H and O–H groups in total. The number of para-hydroxylation sites is 1. The number of amides is 3. The van der Waals surface area contributed by atoms with Crippen molar-refractivity contribution in [1.29, 1.82) is 0 Å². The molecule has 0 aliphatic carbocycles. The molecule has 1 fully saturated rings. The first-order chi connectivity index (χ1) is 13.7. The van der Waals surface area contributed by atoms with E-state index in [-0.39, 0.29) is 30.9 Å². The van der Waals surface area contributed by atoms with Gasteiger partial charge in [0.2, 0.25) is 5.91 Å². The second-order valence-corrected chi connectivity index (χ2v) is 6.65. The minimum Gasteiger partial charge on any atom is -0.496 e. The van der Waals surface area contributed by atoms with Crippen LogP contribution in [-0.2, 0) is 11.3 Å². The highest BCUT2D eigenvalue weighted by molar-refractivity contribution is 5.95. The van der Waals surface area contributed by atoms with Crippen LogP contribution in [0.25, 0.3) is 0 Å². The molecule has 29 heavy (non-hydrogen) atoms. The van der Waals surface area contributed by atoms with Gasteiger partial charge in [-0.05, 0) is 11.6 Å². The maximum absolute atomic E-state index is 12.4. The van der Waals surface area contributed by atoms with E-state index in [9.17, 15) is 9.59 Å². The Morgan fingerprint density at radius 2 is 1.86 bits per heavy atom. The quantitative estimate of drug-likeness (QED) is 0.669. The van der Waals surface area contributed by atoms with Gasteiger partial charge in [-0.2, -0.15) is 0 Å². The van der Waals surface area contributed by atoms with Crippen LogP contribution in [-0.4, -0.2) is 50.1 Å². The van der Waals surface area contributed by atoms with Gasteiger partial charge < -0.3 is 15.4 Å². The Bertz CT molecular complexity index is 804. The average Bonchev–Trinajstić information content (AvgIpc) is 2.73. The van der Waals surface area contributed by atoms with E-state index < -0.39 is 6.03 Å². The molecule has 1 atom stereocenters. The first kappa shape index (κ1) is 22.7. The molecular weight excluding hydrogens is 392 g/mol. The van der Waals surface area contributed by atoms with E-state index in [0.29, 0.717) is 19.6 Å². The second-order valence-electron chi connectivity index (χ2n) is 6.65. The highest BCUT2D eigenvalue weighted by Crippen LogP contribution is 2.29. The zero-order chi connectivity index (χ0) is 19.8. The number of carbonyl (C=O) groups is 2. The van der Waals surface area contributed by atoms with Crippen LogP contribution >= 0.6 is 12.4 Å². The van der Waals surface area contributed by atoms with E-state index >= 15 is 0 Å². The molecule has 2 aromatic carbocycles. The van der Waals surface area contributed by atoms with E-state index in [1.165, 1.54) is 0 Å². The molecule has 1 heterocycles. The first-order valence-electron chi connectivity index (χ1n) is 9.36. The number of ether oxygens (including phenoxy) is 1. The highest BCUT2D eigenvalue weighted by atomic mass is 35.5. The van der Waals surface area contributed by atoms with E-state index in [2.05, 4.69) is 20.9 Å². The Balaban J connectivity index is 0.00000300. The third-order valence-electron chi connectivity index (χ3n) is 4.75. The van der Waals surface area contributed by atoms with Crippen molar-refractivity contribution in [3.05, 3.63) is 65.7 Å². The third-order valence-corrected chi connectivity index (χ3v) is 4.75. The number of halogens is 1. The average molecular weight is 419 g/mol. The number of imide groups is 1. The van der Waals surface area contributed by atoms with Gasteiger partial charge in [-0.25, -0.2) is 4.79 Å². The Morgan fingerprint density at radius 1 is 1.14 bits per heavy atom. The molecule has 1 aliphatic heterocycles. The van der Waals surface area contributed by atoms with Crippen LogP contribution in [0.1, 0.15) is 17.2 Å². The molecule has 2 aromatic rings. The maximum atomic E-state index is 12.4. The number of methoxy groups -OCH3 is 1. The second kappa shape index (κ2) is 11.4. The Labute approximate surface area is 177 Å². The lowest BCUT2D eigenvalue weighted by Crippen LogP contribution is -2.51. The van der Waals surface area contributed by atoms with Crippen LogP contribution in [0.15, 0.2) is 54.6 Å². The van der Waals surface area contributed by atoms with Crippen LogP contribution in [0, 0.1) is 0 Å². The number of hydrogen-bond acceptors (Lipinski definition) is 5. The minimum atomic E-state index is -0.488. The molecule has 1 unspecified atom stereocenters. The highest BCUT2D eigenvalue weighted by Gasteiger charge is 2.27. The summed E-state index contributed by atoms with van der Waals surface area (Å²) in [4.78, 5) is 26.5. The van der Waals surface area contributed by atoms with E-state index in [0.717, 1.165) is 23.4 Å². The lowest BCUT2D eigenvalue weighted by Gasteiger charge is -2.36. The van der Waals surface area contributed by atoms with E-state index in [1.807, 2.05) is 54.6 Å². The summed E-state index contributed by atoms with van der Waals surface area (Å²) in [6, 6.07) is 16.9. The van der Waals surface area contributed by atoms with Crippen molar-refractivity contribution in [2.24, 2.45) is 0 Å². The smallest absolute Gasteiger partial charge is 0.321 e. The minimum absolute atomic E-state index is 0. The van der Waals surface area contributed by atoms with E-state index in [4.69, 9.17) is 4.74 Å². The lowest BCUT2D eigenvalue weighted by molar-refractivity contribution is -0.122. The van der Waals surface area contributed by atoms with Gasteiger partial charge in [0.15, 0.2) is 0 Å². The van der Waals surface area contributed by atoms with Crippen molar-refractivity contribution in [1.82, 2.24) is 20.9 Å². The topological polar surface area (TPSA) is 82.7 Å². The van der Waals surface area contributed by atoms with E-state index in [1.54, 1.807) is 7.11 Å².